The van der Waals surface area contributed by atoms with Crippen molar-refractivity contribution in [2.75, 3.05) is 0 Å². The van der Waals surface area contributed by atoms with E-state index in [1.165, 1.54) is 5.56 Å². The lowest BCUT2D eigenvalue weighted by atomic mass is 9.98. The minimum atomic E-state index is -0.977. The van der Waals surface area contributed by atoms with E-state index < -0.39 is 12.0 Å². The van der Waals surface area contributed by atoms with Gasteiger partial charge in [-0.2, -0.15) is 0 Å². The molecule has 0 saturated heterocycles. The lowest BCUT2D eigenvalue weighted by molar-refractivity contribution is -0.141. The molecule has 1 aromatic rings. The van der Waals surface area contributed by atoms with E-state index in [0.29, 0.717) is 18.4 Å². The molecule has 1 amide bonds. The molecule has 0 fully saturated rings. The first-order chi connectivity index (χ1) is 10.6. The Morgan fingerprint density at radius 1 is 1.18 bits per heavy atom. The van der Waals surface area contributed by atoms with Crippen LogP contribution in [0, 0.1) is 0 Å². The molecule has 1 atom stereocenters. The molecule has 0 aromatic heterocycles. The average molecular weight is 301 g/mol. The van der Waals surface area contributed by atoms with Crippen LogP contribution in [0.1, 0.15) is 43.2 Å². The Labute approximate surface area is 131 Å². The summed E-state index contributed by atoms with van der Waals surface area (Å²) in [5.74, 6) is -1.34. The average Bonchev–Trinajstić information content (AvgIpc) is 2.48. The standard InChI is InChI=1S/C18H23NO3/c1-13-11-15-9-6-8-14(12-15)7-4-2-3-5-10-16(18(21)22)19-17(13)20/h6,8-9,12,16H,1-5,7,10-11H2,(H,19,20)(H,21,22)/t16-/m0/s1. The van der Waals surface area contributed by atoms with Gasteiger partial charge in [0.05, 0.1) is 0 Å². The van der Waals surface area contributed by atoms with Gasteiger partial charge in [0.25, 0.3) is 0 Å². The van der Waals surface area contributed by atoms with Gasteiger partial charge in [0, 0.05) is 12.0 Å². The highest BCUT2D eigenvalue weighted by Crippen LogP contribution is 2.15. The summed E-state index contributed by atoms with van der Waals surface area (Å²) in [6, 6.07) is 7.38. The Morgan fingerprint density at radius 3 is 2.68 bits per heavy atom. The number of carbonyl (C=O) groups is 2. The maximum absolute atomic E-state index is 12.1. The van der Waals surface area contributed by atoms with Crippen LogP contribution in [-0.2, 0) is 22.4 Å². The number of benzene rings is 1. The Kier molecular flexibility index (Phi) is 5.75. The van der Waals surface area contributed by atoms with Crippen molar-refractivity contribution >= 4 is 11.9 Å². The molecule has 0 unspecified atom stereocenters. The van der Waals surface area contributed by atoms with E-state index in [1.54, 1.807) is 0 Å². The van der Waals surface area contributed by atoms with Crippen LogP contribution in [0.25, 0.3) is 0 Å². The van der Waals surface area contributed by atoms with E-state index in [4.69, 9.17) is 0 Å². The van der Waals surface area contributed by atoms with Gasteiger partial charge < -0.3 is 10.4 Å². The highest BCUT2D eigenvalue weighted by atomic mass is 16.4. The van der Waals surface area contributed by atoms with Crippen molar-refractivity contribution in [3.8, 4) is 0 Å². The third kappa shape index (κ3) is 4.72. The third-order valence-electron chi connectivity index (χ3n) is 4.04. The van der Waals surface area contributed by atoms with Crippen LogP contribution in [0.15, 0.2) is 36.4 Å². The number of carbonyl (C=O) groups excluding carboxylic acids is 1. The molecule has 1 aromatic carbocycles. The first-order valence-electron chi connectivity index (χ1n) is 7.85. The molecule has 0 aliphatic carbocycles. The predicted octanol–water partition coefficient (Wildman–Crippen LogP) is 2.86. The molecule has 2 N–H and O–H groups in total. The van der Waals surface area contributed by atoms with Crippen LogP contribution in [0.2, 0.25) is 0 Å². The Morgan fingerprint density at radius 2 is 1.91 bits per heavy atom. The van der Waals surface area contributed by atoms with E-state index in [9.17, 15) is 14.7 Å². The molecule has 4 nitrogen and oxygen atoms in total. The molecular weight excluding hydrogens is 278 g/mol. The van der Waals surface area contributed by atoms with Gasteiger partial charge in [-0.05, 0) is 30.4 Å². The number of aliphatic carboxylic acids is 1. The molecule has 1 aliphatic rings. The number of amides is 1. The Balaban J connectivity index is 2.14. The monoisotopic (exact) mass is 301 g/mol. The van der Waals surface area contributed by atoms with Crippen LogP contribution in [0.3, 0.4) is 0 Å². The number of carboxylic acids is 1. The zero-order chi connectivity index (χ0) is 15.9. The summed E-state index contributed by atoms with van der Waals surface area (Å²) in [5.41, 5.74) is 2.73. The predicted molar refractivity (Wildman–Crippen MR) is 85.6 cm³/mol. The van der Waals surface area contributed by atoms with Crippen LogP contribution in [0.4, 0.5) is 0 Å². The Hall–Kier alpha value is -2.10. The number of hydrogen-bond acceptors (Lipinski definition) is 2. The molecule has 0 saturated carbocycles. The smallest absolute Gasteiger partial charge is 0.326 e. The van der Waals surface area contributed by atoms with E-state index in [2.05, 4.69) is 24.0 Å². The second kappa shape index (κ2) is 7.78. The quantitative estimate of drug-likeness (QED) is 0.784. The summed E-state index contributed by atoms with van der Waals surface area (Å²) in [5, 5.41) is 11.8. The molecular formula is C18H23NO3. The number of rotatable bonds is 1. The van der Waals surface area contributed by atoms with E-state index in [0.717, 1.165) is 37.7 Å². The lowest BCUT2D eigenvalue weighted by Crippen LogP contribution is -2.41. The van der Waals surface area contributed by atoms with Crippen LogP contribution in [-0.4, -0.2) is 23.0 Å². The van der Waals surface area contributed by atoms with Crippen molar-refractivity contribution in [3.63, 3.8) is 0 Å². The number of carboxylic acid groups (broad SMARTS) is 1. The fourth-order valence-corrected chi connectivity index (χ4v) is 2.77. The summed E-state index contributed by atoms with van der Waals surface area (Å²) < 4.78 is 0. The molecule has 0 spiro atoms. The minimum Gasteiger partial charge on any atom is -0.480 e. The van der Waals surface area contributed by atoms with Crippen LogP contribution < -0.4 is 5.32 Å². The zero-order valence-electron chi connectivity index (χ0n) is 12.8. The first-order valence-corrected chi connectivity index (χ1v) is 7.85. The topological polar surface area (TPSA) is 66.4 Å². The molecule has 2 bridgehead atoms. The summed E-state index contributed by atoms with van der Waals surface area (Å²) in [6.45, 7) is 3.81. The fraction of sp³-hybridized carbons (Fsp3) is 0.444. The summed E-state index contributed by atoms with van der Waals surface area (Å²) in [4.78, 5) is 23.4. The van der Waals surface area contributed by atoms with Gasteiger partial charge in [-0.1, -0.05) is 50.1 Å². The highest BCUT2D eigenvalue weighted by Gasteiger charge is 2.21. The van der Waals surface area contributed by atoms with Crippen molar-refractivity contribution in [3.05, 3.63) is 47.5 Å². The largest absolute Gasteiger partial charge is 0.480 e. The number of aryl methyl sites for hydroxylation is 1. The zero-order valence-corrected chi connectivity index (χ0v) is 12.8. The maximum Gasteiger partial charge on any atom is 0.326 e. The van der Waals surface area contributed by atoms with E-state index >= 15 is 0 Å². The van der Waals surface area contributed by atoms with Gasteiger partial charge >= 0.3 is 5.97 Å². The minimum absolute atomic E-state index is 0.366. The molecule has 1 heterocycles. The number of fused-ring (bicyclic) bond motifs is 2. The molecule has 2 rings (SSSR count). The Bertz CT molecular complexity index is 565. The van der Waals surface area contributed by atoms with Gasteiger partial charge in [-0.15, -0.1) is 0 Å². The van der Waals surface area contributed by atoms with Crippen LogP contribution in [0.5, 0.6) is 0 Å². The summed E-state index contributed by atoms with van der Waals surface area (Å²) in [6.07, 6.45) is 5.93. The lowest BCUT2D eigenvalue weighted by Gasteiger charge is -2.16. The molecule has 4 heteroatoms. The van der Waals surface area contributed by atoms with Crippen molar-refractivity contribution in [2.24, 2.45) is 0 Å². The van der Waals surface area contributed by atoms with Crippen molar-refractivity contribution in [1.82, 2.24) is 5.32 Å². The maximum atomic E-state index is 12.1. The molecule has 0 radical (unpaired) electrons. The normalized spacial score (nSPS) is 20.8. The van der Waals surface area contributed by atoms with Crippen molar-refractivity contribution in [2.45, 2.75) is 51.0 Å². The van der Waals surface area contributed by atoms with Gasteiger partial charge in [0.15, 0.2) is 0 Å². The molecule has 1 aliphatic heterocycles. The summed E-state index contributed by atoms with van der Waals surface area (Å²) >= 11 is 0. The molecule has 22 heavy (non-hydrogen) atoms. The fourth-order valence-electron chi connectivity index (χ4n) is 2.77. The van der Waals surface area contributed by atoms with Crippen molar-refractivity contribution in [1.29, 1.82) is 0 Å². The van der Waals surface area contributed by atoms with Crippen molar-refractivity contribution < 1.29 is 14.7 Å². The van der Waals surface area contributed by atoms with E-state index in [1.807, 2.05) is 12.1 Å². The van der Waals surface area contributed by atoms with E-state index in [-0.39, 0.29) is 5.91 Å². The second-order valence-electron chi connectivity index (χ2n) is 5.92. The van der Waals surface area contributed by atoms with Crippen LogP contribution >= 0.6 is 0 Å². The first kappa shape index (κ1) is 16.3. The number of nitrogens with one attached hydrogen (secondary N) is 1. The third-order valence-corrected chi connectivity index (χ3v) is 4.04. The van der Waals surface area contributed by atoms with Gasteiger partial charge in [0.2, 0.25) is 5.91 Å². The highest BCUT2D eigenvalue weighted by molar-refractivity contribution is 5.95. The van der Waals surface area contributed by atoms with Gasteiger partial charge in [-0.3, -0.25) is 4.79 Å². The molecule has 118 valence electrons. The summed E-state index contributed by atoms with van der Waals surface area (Å²) in [7, 11) is 0. The number of hydrogen-bond donors (Lipinski definition) is 2. The SMILES string of the molecule is C=C1Cc2cccc(c2)CCCCCC[C@@H](C(=O)O)NC1=O. The van der Waals surface area contributed by atoms with Gasteiger partial charge in [-0.25, -0.2) is 4.79 Å². The van der Waals surface area contributed by atoms with Gasteiger partial charge in [0.1, 0.15) is 6.04 Å². The second-order valence-corrected chi connectivity index (χ2v) is 5.92.